The van der Waals surface area contributed by atoms with E-state index in [1.807, 2.05) is 60.7 Å². The van der Waals surface area contributed by atoms with E-state index in [9.17, 15) is 0 Å². The third-order valence-corrected chi connectivity index (χ3v) is 10.1. The van der Waals surface area contributed by atoms with Crippen molar-refractivity contribution in [2.24, 2.45) is 0 Å². The van der Waals surface area contributed by atoms with Gasteiger partial charge in [-0.15, -0.1) is 0 Å². The van der Waals surface area contributed by atoms with Gasteiger partial charge in [0.1, 0.15) is 0 Å². The molecule has 0 radical (unpaired) electrons. The molecule has 8 aromatic carbocycles. The first-order valence-corrected chi connectivity index (χ1v) is 18.1. The van der Waals surface area contributed by atoms with Gasteiger partial charge in [-0.1, -0.05) is 182 Å². The van der Waals surface area contributed by atoms with Crippen LogP contribution in [0, 0.1) is 0 Å². The van der Waals surface area contributed by atoms with Gasteiger partial charge in [-0.2, -0.15) is 0 Å². The molecule has 4 nitrogen and oxygen atoms in total. The van der Waals surface area contributed by atoms with E-state index in [4.69, 9.17) is 19.9 Å². The predicted octanol–water partition coefficient (Wildman–Crippen LogP) is 12.7. The van der Waals surface area contributed by atoms with Crippen molar-refractivity contribution < 1.29 is 0 Å². The standard InChI is InChI=1S/C50H32N4/c1-3-12-37(13-4-1)48-52-49(38-14-5-2-6-15-38)54-50(53-48)39-29-24-35(25-30-39)41-20-11-16-34-26-31-40(32-45(34)41)33-22-27-36(28-23-33)47-44-19-8-7-17-42(44)43-18-9-10-21-46(43)51-47/h1-32H. The Balaban J connectivity index is 0.997. The van der Waals surface area contributed by atoms with Crippen LogP contribution in [0.5, 0.6) is 0 Å². The molecule has 0 aliphatic heterocycles. The molecule has 10 aromatic rings. The number of benzene rings is 8. The molecule has 0 aliphatic carbocycles. The van der Waals surface area contributed by atoms with Crippen molar-refractivity contribution >= 4 is 32.4 Å². The number of pyridine rings is 1. The fourth-order valence-corrected chi connectivity index (χ4v) is 7.39. The summed E-state index contributed by atoms with van der Waals surface area (Å²) in [5, 5.41) is 5.96. The van der Waals surface area contributed by atoms with Crippen molar-refractivity contribution in [2.75, 3.05) is 0 Å². The molecule has 0 fully saturated rings. The smallest absolute Gasteiger partial charge is 0.164 e. The molecule has 0 unspecified atom stereocenters. The lowest BCUT2D eigenvalue weighted by molar-refractivity contribution is 1.07. The predicted molar refractivity (Wildman–Crippen MR) is 223 cm³/mol. The number of hydrogen-bond donors (Lipinski definition) is 0. The lowest BCUT2D eigenvalue weighted by Gasteiger charge is -2.12. The van der Waals surface area contributed by atoms with Crippen molar-refractivity contribution in [3.63, 3.8) is 0 Å². The van der Waals surface area contributed by atoms with Crippen LogP contribution in [-0.4, -0.2) is 19.9 Å². The topological polar surface area (TPSA) is 51.6 Å². The number of rotatable bonds is 6. The Kier molecular flexibility index (Phi) is 7.77. The molecule has 0 saturated carbocycles. The lowest BCUT2D eigenvalue weighted by Crippen LogP contribution is -2.00. The maximum Gasteiger partial charge on any atom is 0.164 e. The van der Waals surface area contributed by atoms with Crippen LogP contribution in [0.1, 0.15) is 0 Å². The van der Waals surface area contributed by atoms with Crippen LogP contribution in [0.2, 0.25) is 0 Å². The molecule has 0 spiro atoms. The average molecular weight is 689 g/mol. The average Bonchev–Trinajstić information content (AvgIpc) is 3.26. The Bertz CT molecular complexity index is 2900. The van der Waals surface area contributed by atoms with Crippen molar-refractivity contribution in [2.45, 2.75) is 0 Å². The van der Waals surface area contributed by atoms with E-state index in [1.54, 1.807) is 0 Å². The second kappa shape index (κ2) is 13.4. The largest absolute Gasteiger partial charge is 0.247 e. The first-order valence-electron chi connectivity index (χ1n) is 18.1. The van der Waals surface area contributed by atoms with E-state index in [-0.39, 0.29) is 0 Å². The summed E-state index contributed by atoms with van der Waals surface area (Å²) in [4.78, 5) is 19.8. The van der Waals surface area contributed by atoms with Gasteiger partial charge in [-0.25, -0.2) is 19.9 Å². The Hall–Kier alpha value is -7.30. The zero-order valence-electron chi connectivity index (χ0n) is 29.3. The second-order valence-electron chi connectivity index (χ2n) is 13.5. The summed E-state index contributed by atoms with van der Waals surface area (Å²) in [6.07, 6.45) is 0. The normalized spacial score (nSPS) is 11.3. The van der Waals surface area contributed by atoms with Crippen LogP contribution >= 0.6 is 0 Å². The van der Waals surface area contributed by atoms with Crippen LogP contribution < -0.4 is 0 Å². The zero-order valence-corrected chi connectivity index (χ0v) is 29.3. The highest BCUT2D eigenvalue weighted by Crippen LogP contribution is 2.36. The van der Waals surface area contributed by atoms with Crippen molar-refractivity contribution in [3.05, 3.63) is 194 Å². The number of nitrogens with zero attached hydrogens (tertiary/aromatic N) is 4. The third-order valence-electron chi connectivity index (χ3n) is 10.1. The number of aromatic nitrogens is 4. The zero-order chi connectivity index (χ0) is 35.8. The van der Waals surface area contributed by atoms with Gasteiger partial charge in [0.15, 0.2) is 17.5 Å². The SMILES string of the molecule is c1ccc(-c2nc(-c3ccccc3)nc(-c3ccc(-c4cccc5ccc(-c6ccc(-c7nc8ccccc8c8ccccc78)cc6)cc45)cc3)n2)cc1. The fraction of sp³-hybridized carbons (Fsp3) is 0. The molecular weight excluding hydrogens is 657 g/mol. The summed E-state index contributed by atoms with van der Waals surface area (Å²) in [5.74, 6) is 1.95. The molecule has 0 aliphatic rings. The van der Waals surface area contributed by atoms with Gasteiger partial charge in [0.2, 0.25) is 0 Å². The van der Waals surface area contributed by atoms with Gasteiger partial charge >= 0.3 is 0 Å². The summed E-state index contributed by atoms with van der Waals surface area (Å²) in [7, 11) is 0. The number of para-hydroxylation sites is 1. The minimum absolute atomic E-state index is 0.643. The Morgan fingerprint density at radius 3 is 1.43 bits per heavy atom. The van der Waals surface area contributed by atoms with E-state index in [2.05, 4.69) is 133 Å². The third kappa shape index (κ3) is 5.76. The molecule has 10 rings (SSSR count). The highest BCUT2D eigenvalue weighted by atomic mass is 15.0. The van der Waals surface area contributed by atoms with E-state index in [0.29, 0.717) is 17.5 Å². The van der Waals surface area contributed by atoms with Crippen molar-refractivity contribution in [1.82, 2.24) is 19.9 Å². The minimum Gasteiger partial charge on any atom is -0.247 e. The molecule has 4 heteroatoms. The highest BCUT2D eigenvalue weighted by molar-refractivity contribution is 6.11. The maximum absolute atomic E-state index is 5.11. The molecule has 0 bridgehead atoms. The van der Waals surface area contributed by atoms with Gasteiger partial charge in [-0.3, -0.25) is 0 Å². The van der Waals surface area contributed by atoms with Crippen LogP contribution in [0.25, 0.3) is 100 Å². The van der Waals surface area contributed by atoms with Crippen LogP contribution in [-0.2, 0) is 0 Å². The van der Waals surface area contributed by atoms with Crippen molar-refractivity contribution in [3.8, 4) is 67.7 Å². The molecule has 0 N–H and O–H groups in total. The molecule has 54 heavy (non-hydrogen) atoms. The van der Waals surface area contributed by atoms with E-state index >= 15 is 0 Å². The fourth-order valence-electron chi connectivity index (χ4n) is 7.39. The quantitative estimate of drug-likeness (QED) is 0.163. The van der Waals surface area contributed by atoms with E-state index in [1.165, 1.54) is 32.7 Å². The lowest BCUT2D eigenvalue weighted by atomic mass is 9.93. The first kappa shape index (κ1) is 31.4. The molecule has 252 valence electrons. The van der Waals surface area contributed by atoms with Gasteiger partial charge in [0.05, 0.1) is 11.2 Å². The first-order chi connectivity index (χ1) is 26.7. The van der Waals surface area contributed by atoms with Crippen LogP contribution in [0.15, 0.2) is 194 Å². The molecular formula is C50H32N4. The summed E-state index contributed by atoms with van der Waals surface area (Å²) in [5.41, 5.74) is 10.6. The summed E-state index contributed by atoms with van der Waals surface area (Å²) in [6.45, 7) is 0. The van der Waals surface area contributed by atoms with Gasteiger partial charge in [0.25, 0.3) is 0 Å². The van der Waals surface area contributed by atoms with Crippen molar-refractivity contribution in [1.29, 1.82) is 0 Å². The number of fused-ring (bicyclic) bond motifs is 4. The Morgan fingerprint density at radius 2 is 0.759 bits per heavy atom. The summed E-state index contributed by atoms with van der Waals surface area (Å²) >= 11 is 0. The van der Waals surface area contributed by atoms with E-state index in [0.717, 1.165) is 50.0 Å². The molecule has 0 atom stereocenters. The van der Waals surface area contributed by atoms with Crippen LogP contribution in [0.3, 0.4) is 0 Å². The van der Waals surface area contributed by atoms with Gasteiger partial charge in [-0.05, 0) is 50.5 Å². The van der Waals surface area contributed by atoms with E-state index < -0.39 is 0 Å². The molecule has 0 amide bonds. The van der Waals surface area contributed by atoms with Crippen LogP contribution in [0.4, 0.5) is 0 Å². The minimum atomic E-state index is 0.643. The summed E-state index contributed by atoms with van der Waals surface area (Å²) < 4.78 is 0. The molecule has 0 saturated heterocycles. The maximum atomic E-state index is 5.11. The summed E-state index contributed by atoms with van der Waals surface area (Å²) in [6, 6.07) is 67.7. The molecule has 2 heterocycles. The Labute approximate surface area is 313 Å². The molecule has 2 aromatic heterocycles. The van der Waals surface area contributed by atoms with Gasteiger partial charge < -0.3 is 0 Å². The monoisotopic (exact) mass is 688 g/mol. The highest BCUT2D eigenvalue weighted by Gasteiger charge is 2.14. The number of hydrogen-bond acceptors (Lipinski definition) is 4. The Morgan fingerprint density at radius 1 is 0.259 bits per heavy atom. The second-order valence-corrected chi connectivity index (χ2v) is 13.5. The van der Waals surface area contributed by atoms with Gasteiger partial charge in [0, 0.05) is 33.0 Å².